The molecule has 3 nitrogen and oxygen atoms in total. The summed E-state index contributed by atoms with van der Waals surface area (Å²) in [4.78, 5) is 1.20. The molecule has 1 aliphatic rings. The van der Waals surface area contributed by atoms with Gasteiger partial charge in [-0.3, -0.25) is 0 Å². The highest BCUT2D eigenvalue weighted by Gasteiger charge is 2.18. The minimum absolute atomic E-state index is 0.235. The molecule has 110 valence electrons. The molecule has 0 spiro atoms. The fraction of sp³-hybridized carbons (Fsp3) is 0.375. The Balaban J connectivity index is 1.91. The van der Waals surface area contributed by atoms with Crippen molar-refractivity contribution in [3.63, 3.8) is 0 Å². The molecule has 0 fully saturated rings. The predicted molar refractivity (Wildman–Crippen MR) is 88.0 cm³/mol. The summed E-state index contributed by atoms with van der Waals surface area (Å²) in [6.45, 7) is 4.21. The van der Waals surface area contributed by atoms with E-state index in [4.69, 9.17) is 11.6 Å². The Morgan fingerprint density at radius 1 is 1.24 bits per heavy atom. The van der Waals surface area contributed by atoms with E-state index in [0.29, 0.717) is 0 Å². The number of halogens is 1. The molecule has 1 N–H and O–H groups in total. The van der Waals surface area contributed by atoms with Crippen molar-refractivity contribution >= 4 is 23.4 Å². The highest BCUT2D eigenvalue weighted by Crippen LogP contribution is 2.41. The fourth-order valence-electron chi connectivity index (χ4n) is 2.60. The molecule has 0 saturated heterocycles. The van der Waals surface area contributed by atoms with Crippen molar-refractivity contribution in [3.8, 4) is 0 Å². The maximum atomic E-state index is 6.47. The van der Waals surface area contributed by atoms with E-state index in [0.717, 1.165) is 36.6 Å². The second-order valence-corrected chi connectivity index (χ2v) is 6.93. The number of fused-ring (bicyclic) bond motifs is 1. The van der Waals surface area contributed by atoms with E-state index in [1.165, 1.54) is 16.0 Å². The van der Waals surface area contributed by atoms with Gasteiger partial charge in [0.25, 0.3) is 0 Å². The summed E-state index contributed by atoms with van der Waals surface area (Å²) in [7, 11) is 0. The van der Waals surface area contributed by atoms with Crippen LogP contribution in [0.3, 0.4) is 0 Å². The Kier molecular flexibility index (Phi) is 4.78. The number of rotatable bonds is 3. The van der Waals surface area contributed by atoms with E-state index in [1.807, 2.05) is 18.2 Å². The average Bonchev–Trinajstić information content (AvgIpc) is 2.76. The van der Waals surface area contributed by atoms with Crippen molar-refractivity contribution in [1.82, 2.24) is 15.5 Å². The third-order valence-electron chi connectivity index (χ3n) is 3.74. The number of nitrogens with zero attached hydrogens (tertiary/aromatic N) is 2. The Morgan fingerprint density at radius 2 is 2.10 bits per heavy atom. The van der Waals surface area contributed by atoms with Crippen LogP contribution in [0.4, 0.5) is 0 Å². The van der Waals surface area contributed by atoms with Gasteiger partial charge in [0, 0.05) is 11.1 Å². The third-order valence-corrected chi connectivity index (χ3v) is 5.46. The molecule has 2 heterocycles. The van der Waals surface area contributed by atoms with Gasteiger partial charge in [0.05, 0.1) is 16.0 Å². The number of hydrogen-bond acceptors (Lipinski definition) is 4. The van der Waals surface area contributed by atoms with E-state index in [2.05, 4.69) is 28.5 Å². The average molecular weight is 320 g/mol. The Labute approximate surface area is 134 Å². The van der Waals surface area contributed by atoms with Crippen LogP contribution in [-0.2, 0) is 12.8 Å². The Morgan fingerprint density at radius 3 is 2.90 bits per heavy atom. The quantitative estimate of drug-likeness (QED) is 0.876. The molecule has 0 aliphatic carbocycles. The van der Waals surface area contributed by atoms with Crippen LogP contribution in [-0.4, -0.2) is 23.3 Å². The van der Waals surface area contributed by atoms with Gasteiger partial charge in [0.2, 0.25) is 0 Å². The maximum Gasteiger partial charge on any atom is 0.0761 e. The number of benzene rings is 1. The molecule has 0 amide bonds. The molecule has 2 aromatic rings. The van der Waals surface area contributed by atoms with E-state index in [-0.39, 0.29) is 5.25 Å². The van der Waals surface area contributed by atoms with Crippen LogP contribution in [0.15, 0.2) is 35.4 Å². The van der Waals surface area contributed by atoms with E-state index < -0.39 is 0 Å². The SMILES string of the molecule is CC(Sc1c(Cl)ccc2c1CCNCC2)c1cccnn1. The largest absolute Gasteiger partial charge is 0.316 e. The molecule has 1 aliphatic heterocycles. The van der Waals surface area contributed by atoms with Crippen molar-refractivity contribution < 1.29 is 0 Å². The van der Waals surface area contributed by atoms with Gasteiger partial charge < -0.3 is 5.32 Å². The molecule has 0 bridgehead atoms. The van der Waals surface area contributed by atoms with Crippen molar-refractivity contribution in [2.75, 3.05) is 13.1 Å². The standard InChI is InChI=1S/C16H18ClN3S/c1-11(15-3-2-8-19-20-15)21-16-13-7-10-18-9-6-12(13)4-5-14(16)17/h2-5,8,11,18H,6-7,9-10H2,1H3. The molecular weight excluding hydrogens is 302 g/mol. The van der Waals surface area contributed by atoms with Gasteiger partial charge in [-0.05, 0) is 62.2 Å². The summed E-state index contributed by atoms with van der Waals surface area (Å²) in [6.07, 6.45) is 3.80. The molecule has 0 radical (unpaired) electrons. The molecule has 21 heavy (non-hydrogen) atoms. The second-order valence-electron chi connectivity index (χ2n) is 5.17. The summed E-state index contributed by atoms with van der Waals surface area (Å²) in [5.74, 6) is 0. The predicted octanol–water partition coefficient (Wildman–Crippen LogP) is 3.67. The molecule has 5 heteroatoms. The minimum atomic E-state index is 0.235. The Bertz CT molecular complexity index is 618. The number of aromatic nitrogens is 2. The molecular formula is C16H18ClN3S. The lowest BCUT2D eigenvalue weighted by Crippen LogP contribution is -2.16. The highest BCUT2D eigenvalue weighted by atomic mass is 35.5. The van der Waals surface area contributed by atoms with Crippen LogP contribution in [0.25, 0.3) is 0 Å². The van der Waals surface area contributed by atoms with Gasteiger partial charge in [-0.2, -0.15) is 10.2 Å². The van der Waals surface area contributed by atoms with Gasteiger partial charge in [0.1, 0.15) is 0 Å². The first kappa shape index (κ1) is 14.8. The lowest BCUT2D eigenvalue weighted by atomic mass is 10.0. The first-order valence-electron chi connectivity index (χ1n) is 7.21. The summed E-state index contributed by atoms with van der Waals surface area (Å²) >= 11 is 8.25. The van der Waals surface area contributed by atoms with Crippen molar-refractivity contribution in [3.05, 3.63) is 52.3 Å². The zero-order chi connectivity index (χ0) is 14.7. The van der Waals surface area contributed by atoms with E-state index >= 15 is 0 Å². The number of hydrogen-bond donors (Lipinski definition) is 1. The summed E-state index contributed by atoms with van der Waals surface area (Å²) < 4.78 is 0. The van der Waals surface area contributed by atoms with Gasteiger partial charge in [-0.25, -0.2) is 0 Å². The monoisotopic (exact) mass is 319 g/mol. The fourth-order valence-corrected chi connectivity index (χ4v) is 4.07. The van der Waals surface area contributed by atoms with Crippen LogP contribution >= 0.6 is 23.4 Å². The lowest BCUT2D eigenvalue weighted by Gasteiger charge is -2.17. The molecule has 0 saturated carbocycles. The Hall–Kier alpha value is -1.10. The zero-order valence-electron chi connectivity index (χ0n) is 12.0. The van der Waals surface area contributed by atoms with Crippen molar-refractivity contribution in [1.29, 1.82) is 0 Å². The lowest BCUT2D eigenvalue weighted by molar-refractivity contribution is 0.709. The summed E-state index contributed by atoms with van der Waals surface area (Å²) in [5.41, 5.74) is 3.80. The summed E-state index contributed by atoms with van der Waals surface area (Å²) in [5, 5.41) is 12.7. The molecule has 1 aromatic heterocycles. The van der Waals surface area contributed by atoms with E-state index in [1.54, 1.807) is 18.0 Å². The smallest absolute Gasteiger partial charge is 0.0761 e. The highest BCUT2D eigenvalue weighted by molar-refractivity contribution is 7.99. The van der Waals surface area contributed by atoms with Crippen LogP contribution in [0, 0.1) is 0 Å². The normalized spacial score (nSPS) is 16.1. The molecule has 1 unspecified atom stereocenters. The topological polar surface area (TPSA) is 37.8 Å². The van der Waals surface area contributed by atoms with Gasteiger partial charge in [0.15, 0.2) is 0 Å². The van der Waals surface area contributed by atoms with Gasteiger partial charge in [-0.1, -0.05) is 17.7 Å². The van der Waals surface area contributed by atoms with Crippen LogP contribution in [0.2, 0.25) is 5.02 Å². The number of nitrogens with one attached hydrogen (secondary N) is 1. The van der Waals surface area contributed by atoms with Gasteiger partial charge >= 0.3 is 0 Å². The first-order chi connectivity index (χ1) is 10.3. The van der Waals surface area contributed by atoms with Crippen molar-refractivity contribution in [2.45, 2.75) is 29.9 Å². The zero-order valence-corrected chi connectivity index (χ0v) is 13.5. The first-order valence-corrected chi connectivity index (χ1v) is 8.46. The molecule has 1 aromatic carbocycles. The second kappa shape index (κ2) is 6.77. The maximum absolute atomic E-state index is 6.47. The molecule has 3 rings (SSSR count). The summed E-state index contributed by atoms with van der Waals surface area (Å²) in [6, 6.07) is 8.14. The van der Waals surface area contributed by atoms with Crippen LogP contribution in [0.5, 0.6) is 0 Å². The van der Waals surface area contributed by atoms with Crippen molar-refractivity contribution in [2.24, 2.45) is 0 Å². The van der Waals surface area contributed by atoms with Crippen LogP contribution < -0.4 is 5.32 Å². The molecule has 1 atom stereocenters. The minimum Gasteiger partial charge on any atom is -0.316 e. The van der Waals surface area contributed by atoms with Gasteiger partial charge in [-0.15, -0.1) is 11.8 Å². The van der Waals surface area contributed by atoms with Crippen LogP contribution in [0.1, 0.15) is 29.0 Å². The van der Waals surface area contributed by atoms with E-state index in [9.17, 15) is 0 Å². The number of thioether (sulfide) groups is 1. The third kappa shape index (κ3) is 3.39.